The van der Waals surface area contributed by atoms with Crippen molar-refractivity contribution in [1.82, 2.24) is 0 Å². The van der Waals surface area contributed by atoms with Crippen molar-refractivity contribution in [2.45, 2.75) is 20.3 Å². The molecule has 0 atom stereocenters. The molecular formula is C13H18O2. The van der Waals surface area contributed by atoms with Crippen molar-refractivity contribution in [2.24, 2.45) is 0 Å². The van der Waals surface area contributed by atoms with Crippen LogP contribution in [-0.2, 0) is 0 Å². The Morgan fingerprint density at radius 3 is 2.33 bits per heavy atom. The van der Waals surface area contributed by atoms with Crippen LogP contribution in [0.15, 0.2) is 18.2 Å². The number of aliphatic hydroxyl groups excluding tert-OH is 1. The Bertz CT molecular complexity index is 331. The Morgan fingerprint density at radius 1 is 1.27 bits per heavy atom. The highest BCUT2D eigenvalue weighted by Gasteiger charge is 2.02. The van der Waals surface area contributed by atoms with Gasteiger partial charge < -0.3 is 9.84 Å². The third-order valence-corrected chi connectivity index (χ3v) is 2.29. The van der Waals surface area contributed by atoms with Crippen molar-refractivity contribution in [3.63, 3.8) is 0 Å². The molecule has 0 heterocycles. The van der Waals surface area contributed by atoms with Gasteiger partial charge in [0, 0.05) is 6.61 Å². The van der Waals surface area contributed by atoms with Crippen molar-refractivity contribution >= 4 is 6.08 Å². The van der Waals surface area contributed by atoms with Gasteiger partial charge in [-0.3, -0.25) is 0 Å². The number of rotatable bonds is 4. The van der Waals surface area contributed by atoms with Gasteiger partial charge in [0.2, 0.25) is 0 Å². The lowest BCUT2D eigenvalue weighted by Crippen LogP contribution is -1.91. The summed E-state index contributed by atoms with van der Waals surface area (Å²) in [5.74, 6) is 0.953. The number of hydrogen-bond acceptors (Lipinski definition) is 2. The van der Waals surface area contributed by atoms with E-state index < -0.39 is 0 Å². The lowest BCUT2D eigenvalue weighted by molar-refractivity contribution is 0.303. The van der Waals surface area contributed by atoms with Crippen molar-refractivity contribution in [1.29, 1.82) is 0 Å². The molecule has 1 N–H and O–H groups in total. The second kappa shape index (κ2) is 5.56. The Morgan fingerprint density at radius 2 is 1.87 bits per heavy atom. The lowest BCUT2D eigenvalue weighted by atomic mass is 10.1. The van der Waals surface area contributed by atoms with Gasteiger partial charge in [0.1, 0.15) is 5.75 Å². The van der Waals surface area contributed by atoms with E-state index in [0.29, 0.717) is 6.42 Å². The zero-order valence-corrected chi connectivity index (χ0v) is 9.58. The molecule has 0 amide bonds. The Labute approximate surface area is 91.2 Å². The molecule has 0 fully saturated rings. The summed E-state index contributed by atoms with van der Waals surface area (Å²) < 4.78 is 5.29. The third kappa shape index (κ3) is 3.10. The highest BCUT2D eigenvalue weighted by atomic mass is 16.5. The summed E-state index contributed by atoms with van der Waals surface area (Å²) in [6.45, 7) is 4.27. The van der Waals surface area contributed by atoms with Gasteiger partial charge in [-0.25, -0.2) is 0 Å². The van der Waals surface area contributed by atoms with Crippen molar-refractivity contribution < 1.29 is 9.84 Å². The minimum atomic E-state index is 0.199. The first kappa shape index (κ1) is 11.8. The molecule has 0 radical (unpaired) electrons. The smallest absolute Gasteiger partial charge is 0.124 e. The van der Waals surface area contributed by atoms with Crippen LogP contribution in [0.25, 0.3) is 6.08 Å². The number of aliphatic hydroxyl groups is 1. The molecule has 0 bridgehead atoms. The maximum Gasteiger partial charge on any atom is 0.124 e. The molecule has 82 valence electrons. The van der Waals surface area contributed by atoms with Gasteiger partial charge in [0.25, 0.3) is 0 Å². The zero-order valence-electron chi connectivity index (χ0n) is 9.58. The van der Waals surface area contributed by atoms with Crippen LogP contribution in [0.5, 0.6) is 5.75 Å². The fraction of sp³-hybridized carbons (Fsp3) is 0.385. The average Bonchev–Trinajstić information content (AvgIpc) is 2.18. The van der Waals surface area contributed by atoms with E-state index in [1.807, 2.05) is 26.0 Å². The van der Waals surface area contributed by atoms with Gasteiger partial charge in [-0.1, -0.05) is 12.2 Å². The normalized spacial score (nSPS) is 10.9. The summed E-state index contributed by atoms with van der Waals surface area (Å²) >= 11 is 0. The lowest BCUT2D eigenvalue weighted by Gasteiger charge is -2.09. The topological polar surface area (TPSA) is 29.5 Å². The first-order valence-electron chi connectivity index (χ1n) is 5.11. The zero-order chi connectivity index (χ0) is 11.3. The summed E-state index contributed by atoms with van der Waals surface area (Å²) in [6, 6.07) is 4.17. The summed E-state index contributed by atoms with van der Waals surface area (Å²) in [7, 11) is 1.69. The number of ether oxygens (including phenoxy) is 1. The largest absolute Gasteiger partial charge is 0.496 e. The van der Waals surface area contributed by atoms with Gasteiger partial charge >= 0.3 is 0 Å². The minimum absolute atomic E-state index is 0.199. The van der Waals surface area contributed by atoms with E-state index >= 15 is 0 Å². The second-order valence-corrected chi connectivity index (χ2v) is 3.60. The van der Waals surface area contributed by atoms with E-state index in [1.165, 1.54) is 0 Å². The maximum atomic E-state index is 8.66. The standard InChI is InChI=1S/C13H18O2/c1-10-8-12(6-4-5-7-14)9-11(2)13(10)15-3/h4,6,8-9,14H,5,7H2,1-3H3. The highest BCUT2D eigenvalue weighted by Crippen LogP contribution is 2.24. The van der Waals surface area contributed by atoms with Crippen LogP contribution in [0.4, 0.5) is 0 Å². The quantitative estimate of drug-likeness (QED) is 0.820. The maximum absolute atomic E-state index is 8.66. The number of methoxy groups -OCH3 is 1. The van der Waals surface area contributed by atoms with Gasteiger partial charge in [0.05, 0.1) is 7.11 Å². The molecule has 0 saturated carbocycles. The Kier molecular flexibility index (Phi) is 4.37. The van der Waals surface area contributed by atoms with Crippen LogP contribution < -0.4 is 4.74 Å². The third-order valence-electron chi connectivity index (χ3n) is 2.29. The van der Waals surface area contributed by atoms with Crippen LogP contribution in [0.3, 0.4) is 0 Å². The average molecular weight is 206 g/mol. The number of hydrogen-bond donors (Lipinski definition) is 1. The molecule has 0 saturated heterocycles. The fourth-order valence-corrected chi connectivity index (χ4v) is 1.70. The number of benzene rings is 1. The van der Waals surface area contributed by atoms with E-state index in [-0.39, 0.29) is 6.61 Å². The van der Waals surface area contributed by atoms with Gasteiger partial charge in [-0.05, 0) is 49.1 Å². The molecule has 1 aromatic rings. The molecule has 1 aromatic carbocycles. The van der Waals surface area contributed by atoms with E-state index in [4.69, 9.17) is 9.84 Å². The van der Waals surface area contributed by atoms with Crippen molar-refractivity contribution in [3.8, 4) is 5.75 Å². The van der Waals surface area contributed by atoms with E-state index in [0.717, 1.165) is 22.4 Å². The highest BCUT2D eigenvalue weighted by molar-refractivity contribution is 5.56. The van der Waals surface area contributed by atoms with Gasteiger partial charge in [-0.15, -0.1) is 0 Å². The molecular weight excluding hydrogens is 188 g/mol. The molecule has 2 heteroatoms. The molecule has 0 aromatic heterocycles. The van der Waals surface area contributed by atoms with Crippen molar-refractivity contribution in [2.75, 3.05) is 13.7 Å². The van der Waals surface area contributed by atoms with Crippen LogP contribution in [-0.4, -0.2) is 18.8 Å². The van der Waals surface area contributed by atoms with Crippen LogP contribution >= 0.6 is 0 Å². The van der Waals surface area contributed by atoms with E-state index in [1.54, 1.807) is 7.11 Å². The van der Waals surface area contributed by atoms with Crippen LogP contribution in [0.2, 0.25) is 0 Å². The fourth-order valence-electron chi connectivity index (χ4n) is 1.70. The minimum Gasteiger partial charge on any atom is -0.496 e. The predicted molar refractivity (Wildman–Crippen MR) is 63.2 cm³/mol. The SMILES string of the molecule is COc1c(C)cc(C=CCCO)cc1C. The molecule has 0 aliphatic rings. The number of aryl methyl sites for hydroxylation is 2. The molecule has 0 spiro atoms. The first-order valence-corrected chi connectivity index (χ1v) is 5.11. The van der Waals surface area contributed by atoms with E-state index in [9.17, 15) is 0 Å². The monoisotopic (exact) mass is 206 g/mol. The van der Waals surface area contributed by atoms with Gasteiger partial charge in [0.15, 0.2) is 0 Å². The summed E-state index contributed by atoms with van der Waals surface area (Å²) in [6.07, 6.45) is 4.69. The summed E-state index contributed by atoms with van der Waals surface area (Å²) in [5.41, 5.74) is 3.43. The summed E-state index contributed by atoms with van der Waals surface area (Å²) in [5, 5.41) is 8.66. The van der Waals surface area contributed by atoms with Crippen LogP contribution in [0.1, 0.15) is 23.1 Å². The van der Waals surface area contributed by atoms with Crippen LogP contribution in [0, 0.1) is 13.8 Å². The van der Waals surface area contributed by atoms with Gasteiger partial charge in [-0.2, -0.15) is 0 Å². The van der Waals surface area contributed by atoms with Crippen molar-refractivity contribution in [3.05, 3.63) is 34.9 Å². The molecule has 2 nitrogen and oxygen atoms in total. The molecule has 0 aliphatic heterocycles. The molecule has 15 heavy (non-hydrogen) atoms. The first-order chi connectivity index (χ1) is 7.19. The predicted octanol–water partition coefficient (Wildman–Crippen LogP) is 2.71. The summed E-state index contributed by atoms with van der Waals surface area (Å²) in [4.78, 5) is 0. The molecule has 0 unspecified atom stereocenters. The molecule has 1 rings (SSSR count). The Balaban J connectivity index is 2.93. The molecule has 0 aliphatic carbocycles. The second-order valence-electron chi connectivity index (χ2n) is 3.60. The Hall–Kier alpha value is -1.28. The van der Waals surface area contributed by atoms with E-state index in [2.05, 4.69) is 12.1 Å².